The fraction of sp³-hybridized carbons (Fsp3) is 0.300. The Morgan fingerprint density at radius 2 is 2.27 bits per heavy atom. The second kappa shape index (κ2) is 5.58. The molecular weight excluding hydrogens is 218 g/mol. The van der Waals surface area contributed by atoms with Crippen molar-refractivity contribution in [3.05, 3.63) is 28.8 Å². The van der Waals surface area contributed by atoms with Gasteiger partial charge in [-0.15, -0.1) is 0 Å². The third-order valence-electron chi connectivity index (χ3n) is 1.83. The van der Waals surface area contributed by atoms with E-state index in [9.17, 15) is 4.79 Å². The lowest BCUT2D eigenvalue weighted by Crippen LogP contribution is -2.14. The first-order valence-corrected chi connectivity index (χ1v) is 4.74. The lowest BCUT2D eigenvalue weighted by molar-refractivity contribution is -0.142. The topological polar surface area (TPSA) is 61.5 Å². The number of carbonyl (C=O) groups excluding carboxylic acids is 1. The highest BCUT2D eigenvalue weighted by Crippen LogP contribution is 2.28. The fourth-order valence-electron chi connectivity index (χ4n) is 1.07. The van der Waals surface area contributed by atoms with Gasteiger partial charge in [-0.05, 0) is 6.07 Å². The highest BCUT2D eigenvalue weighted by Gasteiger charge is 2.09. The third-order valence-corrected chi connectivity index (χ3v) is 2.13. The number of methoxy groups -OCH3 is 1. The number of halogens is 1. The predicted molar refractivity (Wildman–Crippen MR) is 56.9 cm³/mol. The lowest BCUT2D eigenvalue weighted by atomic mass is 10.2. The van der Waals surface area contributed by atoms with Gasteiger partial charge in [-0.3, -0.25) is 0 Å². The molecule has 0 aliphatic heterocycles. The Labute approximate surface area is 92.9 Å². The number of esters is 1. The number of benzene rings is 1. The van der Waals surface area contributed by atoms with E-state index in [0.717, 1.165) is 5.56 Å². The first kappa shape index (κ1) is 11.8. The Hall–Kier alpha value is -1.26. The van der Waals surface area contributed by atoms with E-state index in [0.29, 0.717) is 17.3 Å². The van der Waals surface area contributed by atoms with Crippen molar-refractivity contribution < 1.29 is 14.3 Å². The second-order valence-corrected chi connectivity index (χ2v) is 3.20. The van der Waals surface area contributed by atoms with Crippen molar-refractivity contribution >= 4 is 17.6 Å². The average Bonchev–Trinajstić information content (AvgIpc) is 2.26. The molecule has 0 heterocycles. The minimum Gasteiger partial charge on any atom is -0.480 e. The maximum Gasteiger partial charge on any atom is 0.343 e. The fourth-order valence-corrected chi connectivity index (χ4v) is 1.31. The summed E-state index contributed by atoms with van der Waals surface area (Å²) in [5.74, 6) is -0.0232. The molecule has 0 fully saturated rings. The summed E-state index contributed by atoms with van der Waals surface area (Å²) in [5, 5.41) is 0.432. The van der Waals surface area contributed by atoms with Crippen LogP contribution in [0.1, 0.15) is 5.56 Å². The summed E-state index contributed by atoms with van der Waals surface area (Å²) in [7, 11) is 1.29. The van der Waals surface area contributed by atoms with Crippen LogP contribution in [0.15, 0.2) is 18.2 Å². The molecule has 0 aliphatic rings. The molecule has 0 amide bonds. The van der Waals surface area contributed by atoms with Crippen LogP contribution in [0.5, 0.6) is 5.75 Å². The molecule has 5 heteroatoms. The van der Waals surface area contributed by atoms with E-state index in [-0.39, 0.29) is 6.61 Å². The maximum absolute atomic E-state index is 10.9. The average molecular weight is 230 g/mol. The Kier molecular flexibility index (Phi) is 4.39. The van der Waals surface area contributed by atoms with Gasteiger partial charge in [0, 0.05) is 12.1 Å². The van der Waals surface area contributed by atoms with Gasteiger partial charge in [-0.2, -0.15) is 0 Å². The molecule has 0 bridgehead atoms. The molecule has 0 radical (unpaired) electrons. The van der Waals surface area contributed by atoms with Crippen LogP contribution in [0.2, 0.25) is 5.02 Å². The smallest absolute Gasteiger partial charge is 0.343 e. The van der Waals surface area contributed by atoms with Gasteiger partial charge in [0.05, 0.1) is 12.1 Å². The molecule has 1 rings (SSSR count). The van der Waals surface area contributed by atoms with Crippen molar-refractivity contribution in [3.8, 4) is 5.75 Å². The number of hydrogen-bond donors (Lipinski definition) is 1. The number of rotatable bonds is 4. The second-order valence-electron chi connectivity index (χ2n) is 2.80. The van der Waals surface area contributed by atoms with Gasteiger partial charge >= 0.3 is 5.97 Å². The van der Waals surface area contributed by atoms with Crippen LogP contribution in [0.25, 0.3) is 0 Å². The van der Waals surface area contributed by atoms with Gasteiger partial charge in [0.15, 0.2) is 6.61 Å². The van der Waals surface area contributed by atoms with Crippen LogP contribution in [0, 0.1) is 0 Å². The van der Waals surface area contributed by atoms with Crippen molar-refractivity contribution in [1.29, 1.82) is 0 Å². The molecule has 2 N–H and O–H groups in total. The van der Waals surface area contributed by atoms with Gasteiger partial charge in [-0.1, -0.05) is 23.7 Å². The van der Waals surface area contributed by atoms with Crippen LogP contribution < -0.4 is 10.5 Å². The molecule has 0 saturated heterocycles. The van der Waals surface area contributed by atoms with Gasteiger partial charge < -0.3 is 15.2 Å². The van der Waals surface area contributed by atoms with E-state index in [4.69, 9.17) is 22.1 Å². The molecule has 0 aliphatic carbocycles. The number of para-hydroxylation sites is 1. The van der Waals surface area contributed by atoms with Crippen molar-refractivity contribution in [3.63, 3.8) is 0 Å². The number of hydrogen-bond acceptors (Lipinski definition) is 4. The van der Waals surface area contributed by atoms with Crippen molar-refractivity contribution in [2.24, 2.45) is 5.73 Å². The highest BCUT2D eigenvalue weighted by molar-refractivity contribution is 6.32. The first-order chi connectivity index (χ1) is 7.19. The third kappa shape index (κ3) is 3.11. The van der Waals surface area contributed by atoms with E-state index in [2.05, 4.69) is 4.74 Å². The van der Waals surface area contributed by atoms with Crippen molar-refractivity contribution in [2.45, 2.75) is 6.54 Å². The van der Waals surface area contributed by atoms with Gasteiger partial charge in [0.25, 0.3) is 0 Å². The van der Waals surface area contributed by atoms with E-state index in [1.807, 2.05) is 0 Å². The summed E-state index contributed by atoms with van der Waals surface area (Å²) in [4.78, 5) is 10.9. The van der Waals surface area contributed by atoms with Gasteiger partial charge in [-0.25, -0.2) is 4.79 Å². The van der Waals surface area contributed by atoms with Crippen LogP contribution in [-0.4, -0.2) is 19.7 Å². The molecule has 4 nitrogen and oxygen atoms in total. The SMILES string of the molecule is COC(=O)COc1c(Cl)cccc1CN. The highest BCUT2D eigenvalue weighted by atomic mass is 35.5. The summed E-state index contributed by atoms with van der Waals surface area (Å²) >= 11 is 5.90. The molecule has 0 spiro atoms. The molecule has 82 valence electrons. The summed E-state index contributed by atoms with van der Waals surface area (Å²) in [6.07, 6.45) is 0. The van der Waals surface area contributed by atoms with Crippen molar-refractivity contribution in [1.82, 2.24) is 0 Å². The molecule has 1 aromatic carbocycles. The Balaban J connectivity index is 2.78. The Morgan fingerprint density at radius 1 is 1.53 bits per heavy atom. The van der Waals surface area contributed by atoms with E-state index < -0.39 is 5.97 Å². The number of carbonyl (C=O) groups is 1. The number of ether oxygens (including phenoxy) is 2. The molecular formula is C10H12ClNO3. The predicted octanol–water partition coefficient (Wildman–Crippen LogP) is 1.35. The lowest BCUT2D eigenvalue weighted by Gasteiger charge is -2.10. The standard InChI is InChI=1S/C10H12ClNO3/c1-14-9(13)6-15-10-7(5-12)3-2-4-8(10)11/h2-4H,5-6,12H2,1H3. The van der Waals surface area contributed by atoms with Crippen LogP contribution in [0.3, 0.4) is 0 Å². The molecule has 1 aromatic rings. The first-order valence-electron chi connectivity index (χ1n) is 4.36. The summed E-state index contributed by atoms with van der Waals surface area (Å²) in [6, 6.07) is 5.24. The van der Waals surface area contributed by atoms with E-state index in [1.54, 1.807) is 18.2 Å². The van der Waals surface area contributed by atoms with Gasteiger partial charge in [0.1, 0.15) is 5.75 Å². The zero-order valence-corrected chi connectivity index (χ0v) is 9.08. The molecule has 0 aromatic heterocycles. The van der Waals surface area contributed by atoms with E-state index >= 15 is 0 Å². The largest absolute Gasteiger partial charge is 0.480 e. The summed E-state index contributed by atoms with van der Waals surface area (Å²) in [6.45, 7) is 0.129. The van der Waals surface area contributed by atoms with Crippen LogP contribution in [0.4, 0.5) is 0 Å². The zero-order valence-electron chi connectivity index (χ0n) is 8.33. The monoisotopic (exact) mass is 229 g/mol. The quantitative estimate of drug-likeness (QED) is 0.792. The van der Waals surface area contributed by atoms with Crippen LogP contribution in [-0.2, 0) is 16.1 Å². The maximum atomic E-state index is 10.9. The molecule has 0 saturated carbocycles. The molecule has 0 atom stereocenters. The number of nitrogens with two attached hydrogens (primary N) is 1. The Bertz CT molecular complexity index is 355. The molecule has 0 unspecified atom stereocenters. The van der Waals surface area contributed by atoms with Crippen molar-refractivity contribution in [2.75, 3.05) is 13.7 Å². The minimum absolute atomic E-state index is 0.173. The van der Waals surface area contributed by atoms with Crippen LogP contribution >= 0.6 is 11.6 Å². The minimum atomic E-state index is -0.460. The Morgan fingerprint density at radius 3 is 2.87 bits per heavy atom. The molecule has 15 heavy (non-hydrogen) atoms. The summed E-state index contributed by atoms with van der Waals surface area (Å²) < 4.78 is 9.67. The normalized spacial score (nSPS) is 9.80. The zero-order chi connectivity index (χ0) is 11.3. The summed E-state index contributed by atoms with van der Waals surface area (Å²) in [5.41, 5.74) is 6.26. The van der Waals surface area contributed by atoms with Gasteiger partial charge in [0.2, 0.25) is 0 Å². The van der Waals surface area contributed by atoms with E-state index in [1.165, 1.54) is 7.11 Å².